The first kappa shape index (κ1) is 20.2. The van der Waals surface area contributed by atoms with Gasteiger partial charge in [0.1, 0.15) is 0 Å². The fourth-order valence-corrected chi connectivity index (χ4v) is 3.40. The average Bonchev–Trinajstić information content (AvgIpc) is 2.62. The third-order valence-corrected chi connectivity index (χ3v) is 5.29. The molecule has 0 aliphatic carbocycles. The molecule has 0 saturated carbocycles. The summed E-state index contributed by atoms with van der Waals surface area (Å²) in [6, 6.07) is 16.4. The van der Waals surface area contributed by atoms with Crippen LogP contribution in [0.25, 0.3) is 6.08 Å². The van der Waals surface area contributed by atoms with Gasteiger partial charge in [-0.2, -0.15) is 0 Å². The number of benzene rings is 2. The van der Waals surface area contributed by atoms with E-state index in [2.05, 4.69) is 5.32 Å². The van der Waals surface area contributed by atoms with Crippen LogP contribution in [-0.2, 0) is 21.2 Å². The molecule has 0 atom stereocenters. The Balaban J connectivity index is 1.62. The molecular formula is C19H22N2O3S2. The molecule has 0 saturated heterocycles. The molecule has 0 bridgehead atoms. The van der Waals surface area contributed by atoms with Crippen molar-refractivity contribution in [1.82, 2.24) is 5.32 Å². The number of hydrogen-bond donors (Lipinski definition) is 2. The Morgan fingerprint density at radius 3 is 2.42 bits per heavy atom. The van der Waals surface area contributed by atoms with Gasteiger partial charge in [0.05, 0.1) is 4.90 Å². The molecule has 0 spiro atoms. The summed E-state index contributed by atoms with van der Waals surface area (Å²) < 4.78 is 22.4. The van der Waals surface area contributed by atoms with Gasteiger partial charge < -0.3 is 5.32 Å². The molecule has 3 N–H and O–H groups in total. The molecular weight excluding hydrogens is 368 g/mol. The van der Waals surface area contributed by atoms with E-state index >= 15 is 0 Å². The maximum absolute atomic E-state index is 11.8. The minimum atomic E-state index is -3.66. The fourth-order valence-electron chi connectivity index (χ4n) is 2.19. The first-order valence-electron chi connectivity index (χ1n) is 8.17. The summed E-state index contributed by atoms with van der Waals surface area (Å²) in [6.45, 7) is 0.512. The molecule has 2 aromatic carbocycles. The third-order valence-electron chi connectivity index (χ3n) is 3.59. The number of sulfonamides is 1. The van der Waals surface area contributed by atoms with Gasteiger partial charge >= 0.3 is 0 Å². The molecule has 1 amide bonds. The van der Waals surface area contributed by atoms with Crippen LogP contribution in [0.2, 0.25) is 0 Å². The highest BCUT2D eigenvalue weighted by Crippen LogP contribution is 2.10. The van der Waals surface area contributed by atoms with Crippen LogP contribution in [0.5, 0.6) is 0 Å². The quantitative estimate of drug-likeness (QED) is 0.644. The van der Waals surface area contributed by atoms with Gasteiger partial charge in [-0.3, -0.25) is 4.79 Å². The SMILES string of the molecule is NS(=O)(=O)c1ccc(CCNC(=O)CCS/C=C\c2ccccc2)cc1. The molecule has 2 rings (SSSR count). The zero-order valence-corrected chi connectivity index (χ0v) is 15.9. The van der Waals surface area contributed by atoms with Crippen LogP contribution in [0.4, 0.5) is 0 Å². The van der Waals surface area contributed by atoms with E-state index in [9.17, 15) is 13.2 Å². The van der Waals surface area contributed by atoms with Crippen LogP contribution in [0, 0.1) is 0 Å². The molecule has 5 nitrogen and oxygen atoms in total. The van der Waals surface area contributed by atoms with Gasteiger partial charge in [0.2, 0.25) is 15.9 Å². The molecule has 26 heavy (non-hydrogen) atoms. The molecule has 0 fully saturated rings. The third kappa shape index (κ3) is 7.43. The van der Waals surface area contributed by atoms with Crippen molar-refractivity contribution >= 4 is 33.8 Å². The molecule has 0 aliphatic heterocycles. The number of carbonyl (C=O) groups is 1. The second-order valence-electron chi connectivity index (χ2n) is 5.62. The van der Waals surface area contributed by atoms with Crippen LogP contribution in [-0.4, -0.2) is 26.6 Å². The summed E-state index contributed by atoms with van der Waals surface area (Å²) in [4.78, 5) is 11.9. The van der Waals surface area contributed by atoms with Crippen molar-refractivity contribution in [2.45, 2.75) is 17.7 Å². The van der Waals surface area contributed by atoms with Crippen LogP contribution in [0.1, 0.15) is 17.5 Å². The van der Waals surface area contributed by atoms with Crippen molar-refractivity contribution in [2.24, 2.45) is 5.14 Å². The van der Waals surface area contributed by atoms with Gasteiger partial charge in [0.15, 0.2) is 0 Å². The summed E-state index contributed by atoms with van der Waals surface area (Å²) in [7, 11) is -3.66. The topological polar surface area (TPSA) is 89.3 Å². The monoisotopic (exact) mass is 390 g/mol. The fraction of sp³-hybridized carbons (Fsp3) is 0.211. The number of nitrogens with two attached hydrogens (primary N) is 1. The van der Waals surface area contributed by atoms with Gasteiger partial charge in [-0.25, -0.2) is 13.6 Å². The van der Waals surface area contributed by atoms with Gasteiger partial charge in [-0.1, -0.05) is 42.5 Å². The first-order valence-corrected chi connectivity index (χ1v) is 10.8. The van der Waals surface area contributed by atoms with Crippen molar-refractivity contribution in [1.29, 1.82) is 0 Å². The molecule has 0 heterocycles. The van der Waals surface area contributed by atoms with E-state index in [-0.39, 0.29) is 10.8 Å². The van der Waals surface area contributed by atoms with Crippen molar-refractivity contribution in [2.75, 3.05) is 12.3 Å². The number of nitrogens with one attached hydrogen (secondary N) is 1. The van der Waals surface area contributed by atoms with E-state index in [0.717, 1.165) is 16.9 Å². The standard InChI is InChI=1S/C19H22N2O3S2/c20-26(23,24)18-8-6-17(7-9-18)10-13-21-19(22)12-15-25-14-11-16-4-2-1-3-5-16/h1-9,11,14H,10,12-13,15H2,(H,21,22)(H2,20,23,24)/b14-11-. The highest BCUT2D eigenvalue weighted by molar-refractivity contribution is 8.02. The summed E-state index contributed by atoms with van der Waals surface area (Å²) >= 11 is 1.60. The number of hydrogen-bond acceptors (Lipinski definition) is 4. The molecule has 7 heteroatoms. The summed E-state index contributed by atoms with van der Waals surface area (Å²) in [5, 5.41) is 9.92. The van der Waals surface area contributed by atoms with Crippen molar-refractivity contribution < 1.29 is 13.2 Å². The average molecular weight is 391 g/mol. The van der Waals surface area contributed by atoms with Gasteiger partial charge in [-0.05, 0) is 41.2 Å². The Kier molecular flexibility index (Phi) is 7.90. The Morgan fingerprint density at radius 2 is 1.77 bits per heavy atom. The minimum absolute atomic E-state index is 0.00627. The maximum atomic E-state index is 11.8. The van der Waals surface area contributed by atoms with Crippen LogP contribution in [0.15, 0.2) is 64.9 Å². The zero-order valence-electron chi connectivity index (χ0n) is 14.3. The molecule has 0 aromatic heterocycles. The van der Waals surface area contributed by atoms with E-state index in [4.69, 9.17) is 5.14 Å². The Bertz CT molecular complexity index is 833. The van der Waals surface area contributed by atoms with Gasteiger partial charge in [0.25, 0.3) is 0 Å². The predicted molar refractivity (Wildman–Crippen MR) is 107 cm³/mol. The lowest BCUT2D eigenvalue weighted by atomic mass is 10.1. The van der Waals surface area contributed by atoms with Crippen LogP contribution >= 0.6 is 11.8 Å². The number of amides is 1. The lowest BCUT2D eigenvalue weighted by molar-refractivity contribution is -0.120. The Hall–Kier alpha value is -2.09. The normalized spacial score (nSPS) is 11.6. The predicted octanol–water partition coefficient (Wildman–Crippen LogP) is 2.79. The molecule has 0 radical (unpaired) electrons. The molecule has 138 valence electrons. The maximum Gasteiger partial charge on any atom is 0.238 e. The second kappa shape index (κ2) is 10.2. The summed E-state index contributed by atoms with van der Waals surface area (Å²) in [6.07, 6.45) is 3.11. The van der Waals surface area contributed by atoms with Crippen LogP contribution in [0.3, 0.4) is 0 Å². The number of primary sulfonamides is 1. The highest BCUT2D eigenvalue weighted by atomic mass is 32.2. The van der Waals surface area contributed by atoms with E-state index < -0.39 is 10.0 Å². The molecule has 0 aliphatic rings. The van der Waals surface area contributed by atoms with Crippen molar-refractivity contribution in [3.8, 4) is 0 Å². The second-order valence-corrected chi connectivity index (χ2v) is 8.20. The largest absolute Gasteiger partial charge is 0.356 e. The van der Waals surface area contributed by atoms with Crippen molar-refractivity contribution in [3.05, 3.63) is 71.1 Å². The smallest absolute Gasteiger partial charge is 0.238 e. The van der Waals surface area contributed by atoms with Gasteiger partial charge in [0, 0.05) is 18.7 Å². The zero-order chi connectivity index (χ0) is 18.8. The van der Waals surface area contributed by atoms with Gasteiger partial charge in [-0.15, -0.1) is 11.8 Å². The number of thioether (sulfide) groups is 1. The lowest BCUT2D eigenvalue weighted by Gasteiger charge is -2.05. The molecule has 0 unspecified atom stereocenters. The van der Waals surface area contributed by atoms with E-state index in [1.165, 1.54) is 12.1 Å². The number of rotatable bonds is 9. The Morgan fingerprint density at radius 1 is 1.08 bits per heavy atom. The number of carbonyl (C=O) groups excluding carboxylic acids is 1. The van der Waals surface area contributed by atoms with E-state index in [0.29, 0.717) is 19.4 Å². The van der Waals surface area contributed by atoms with Crippen molar-refractivity contribution in [3.63, 3.8) is 0 Å². The van der Waals surface area contributed by atoms with E-state index in [1.807, 2.05) is 41.8 Å². The first-order chi connectivity index (χ1) is 12.4. The van der Waals surface area contributed by atoms with Crippen LogP contribution < -0.4 is 10.5 Å². The molecule has 2 aromatic rings. The summed E-state index contributed by atoms with van der Waals surface area (Å²) in [5.74, 6) is 0.727. The Labute approximate surface area is 158 Å². The van der Waals surface area contributed by atoms with E-state index in [1.54, 1.807) is 23.9 Å². The minimum Gasteiger partial charge on any atom is -0.356 e. The summed E-state index contributed by atoms with van der Waals surface area (Å²) in [5.41, 5.74) is 2.08. The lowest BCUT2D eigenvalue weighted by Crippen LogP contribution is -2.25. The highest BCUT2D eigenvalue weighted by Gasteiger charge is 2.06.